The Morgan fingerprint density at radius 2 is 2.57 bits per heavy atom. The summed E-state index contributed by atoms with van der Waals surface area (Å²) in [5.74, 6) is 4.50. The van der Waals surface area contributed by atoms with Gasteiger partial charge in [0.25, 0.3) is 0 Å². The number of hydrogen-bond donors (Lipinski definition) is 0. The molecule has 0 aliphatic heterocycles. The highest BCUT2D eigenvalue weighted by Gasteiger charge is 1.85. The molecule has 0 heterocycles. The SMILES string of the molecule is C#CCP(C)C=C. The van der Waals surface area contributed by atoms with Crippen molar-refractivity contribution in [3.05, 3.63) is 12.4 Å². The normalized spacial score (nSPS) is 12.0. The summed E-state index contributed by atoms with van der Waals surface area (Å²) >= 11 is 0. The van der Waals surface area contributed by atoms with Gasteiger partial charge in [-0.3, -0.25) is 0 Å². The molecule has 0 saturated heterocycles. The van der Waals surface area contributed by atoms with Crippen molar-refractivity contribution in [1.82, 2.24) is 0 Å². The fraction of sp³-hybridized carbons (Fsp3) is 0.333. The Morgan fingerprint density at radius 3 is 2.71 bits per heavy atom. The Labute approximate surface area is 46.4 Å². The standard InChI is InChI=1S/C6H9P/c1-4-6-7(3)5-2/h1,5H,2,6H2,3H3. The Balaban J connectivity index is 3.21. The lowest BCUT2D eigenvalue weighted by Crippen LogP contribution is -1.68. The Morgan fingerprint density at radius 1 is 2.00 bits per heavy atom. The van der Waals surface area contributed by atoms with Crippen LogP contribution in [0.25, 0.3) is 0 Å². The van der Waals surface area contributed by atoms with Gasteiger partial charge in [0.15, 0.2) is 0 Å². The molecule has 0 aromatic carbocycles. The first kappa shape index (κ1) is 6.73. The monoisotopic (exact) mass is 112 g/mol. The van der Waals surface area contributed by atoms with Crippen molar-refractivity contribution in [1.29, 1.82) is 0 Å². The van der Waals surface area contributed by atoms with Crippen LogP contribution in [0.4, 0.5) is 0 Å². The van der Waals surface area contributed by atoms with E-state index in [4.69, 9.17) is 6.42 Å². The molecule has 0 saturated carbocycles. The van der Waals surface area contributed by atoms with Crippen molar-refractivity contribution in [2.45, 2.75) is 0 Å². The topological polar surface area (TPSA) is 0 Å². The Hall–Kier alpha value is -0.270. The van der Waals surface area contributed by atoms with E-state index < -0.39 is 0 Å². The predicted octanol–water partition coefficient (Wildman–Crippen LogP) is 1.87. The van der Waals surface area contributed by atoms with Crippen LogP contribution in [0, 0.1) is 12.3 Å². The van der Waals surface area contributed by atoms with E-state index in [1.54, 1.807) is 0 Å². The summed E-state index contributed by atoms with van der Waals surface area (Å²) in [6.45, 7) is 5.73. The third-order valence-electron chi connectivity index (χ3n) is 0.652. The van der Waals surface area contributed by atoms with E-state index in [2.05, 4.69) is 19.2 Å². The lowest BCUT2D eigenvalue weighted by molar-refractivity contribution is 1.89. The van der Waals surface area contributed by atoms with E-state index in [-0.39, 0.29) is 7.92 Å². The van der Waals surface area contributed by atoms with E-state index >= 15 is 0 Å². The number of terminal acetylenes is 1. The Kier molecular flexibility index (Phi) is 3.75. The first-order valence-corrected chi connectivity index (χ1v) is 4.12. The summed E-state index contributed by atoms with van der Waals surface area (Å²) in [5.41, 5.74) is 0. The molecule has 38 valence electrons. The van der Waals surface area contributed by atoms with Crippen LogP contribution in [-0.2, 0) is 0 Å². The van der Waals surface area contributed by atoms with Crippen LogP contribution < -0.4 is 0 Å². The van der Waals surface area contributed by atoms with E-state index in [1.807, 2.05) is 5.82 Å². The molecule has 0 rings (SSSR count). The van der Waals surface area contributed by atoms with Crippen molar-refractivity contribution in [2.75, 3.05) is 12.8 Å². The molecular formula is C6H9P. The van der Waals surface area contributed by atoms with Gasteiger partial charge < -0.3 is 0 Å². The smallest absolute Gasteiger partial charge is 0.0321 e. The van der Waals surface area contributed by atoms with Crippen molar-refractivity contribution >= 4 is 7.92 Å². The zero-order valence-corrected chi connectivity index (χ0v) is 5.41. The molecule has 0 aliphatic rings. The average molecular weight is 112 g/mol. The van der Waals surface area contributed by atoms with Gasteiger partial charge in [-0.2, -0.15) is 0 Å². The van der Waals surface area contributed by atoms with Crippen LogP contribution in [0.1, 0.15) is 0 Å². The molecule has 0 radical (unpaired) electrons. The minimum atomic E-state index is -0.0507. The van der Waals surface area contributed by atoms with Gasteiger partial charge in [0.1, 0.15) is 0 Å². The predicted molar refractivity (Wildman–Crippen MR) is 36.7 cm³/mol. The van der Waals surface area contributed by atoms with Crippen molar-refractivity contribution in [2.24, 2.45) is 0 Å². The van der Waals surface area contributed by atoms with Crippen LogP contribution in [0.15, 0.2) is 12.4 Å². The molecule has 7 heavy (non-hydrogen) atoms. The van der Waals surface area contributed by atoms with Gasteiger partial charge >= 0.3 is 0 Å². The van der Waals surface area contributed by atoms with E-state index in [1.165, 1.54) is 0 Å². The molecule has 0 N–H and O–H groups in total. The van der Waals surface area contributed by atoms with Crippen molar-refractivity contribution in [3.63, 3.8) is 0 Å². The second kappa shape index (κ2) is 3.90. The fourth-order valence-corrected chi connectivity index (χ4v) is 0.626. The van der Waals surface area contributed by atoms with Crippen LogP contribution in [0.2, 0.25) is 0 Å². The van der Waals surface area contributed by atoms with Crippen molar-refractivity contribution < 1.29 is 0 Å². The molecule has 0 spiro atoms. The Bertz CT molecular complexity index is 88.8. The molecule has 0 aromatic rings. The minimum Gasteiger partial charge on any atom is -0.120 e. The second-order valence-electron chi connectivity index (χ2n) is 1.30. The first-order valence-electron chi connectivity index (χ1n) is 2.07. The zero-order chi connectivity index (χ0) is 5.70. The lowest BCUT2D eigenvalue weighted by Gasteiger charge is -1.95. The fourth-order valence-electron chi connectivity index (χ4n) is 0.209. The summed E-state index contributed by atoms with van der Waals surface area (Å²) < 4.78 is 0. The maximum absolute atomic E-state index is 5.02. The highest BCUT2D eigenvalue weighted by atomic mass is 31.1. The van der Waals surface area contributed by atoms with Crippen LogP contribution in [-0.4, -0.2) is 12.8 Å². The molecule has 0 fully saturated rings. The van der Waals surface area contributed by atoms with Gasteiger partial charge in [-0.05, 0) is 6.66 Å². The zero-order valence-electron chi connectivity index (χ0n) is 4.52. The molecule has 1 atom stereocenters. The van der Waals surface area contributed by atoms with E-state index in [0.29, 0.717) is 0 Å². The first-order chi connectivity index (χ1) is 3.31. The molecule has 0 nitrogen and oxygen atoms in total. The highest BCUT2D eigenvalue weighted by Crippen LogP contribution is 2.29. The molecule has 0 aromatic heterocycles. The average Bonchev–Trinajstić information content (AvgIpc) is 1.68. The van der Waals surface area contributed by atoms with Crippen molar-refractivity contribution in [3.8, 4) is 12.3 Å². The van der Waals surface area contributed by atoms with Gasteiger partial charge in [0, 0.05) is 6.16 Å². The molecule has 1 unspecified atom stereocenters. The number of hydrogen-bond acceptors (Lipinski definition) is 0. The quantitative estimate of drug-likeness (QED) is 0.378. The molecular weight excluding hydrogens is 103 g/mol. The summed E-state index contributed by atoms with van der Waals surface area (Å²) in [6.07, 6.45) is 5.90. The van der Waals surface area contributed by atoms with Crippen LogP contribution in [0.5, 0.6) is 0 Å². The molecule has 1 heteroatoms. The van der Waals surface area contributed by atoms with Gasteiger partial charge in [-0.15, -0.1) is 12.3 Å². The van der Waals surface area contributed by atoms with Gasteiger partial charge in [-0.25, -0.2) is 0 Å². The van der Waals surface area contributed by atoms with E-state index in [9.17, 15) is 0 Å². The highest BCUT2D eigenvalue weighted by molar-refractivity contribution is 7.60. The third-order valence-corrected chi connectivity index (χ3v) is 1.96. The van der Waals surface area contributed by atoms with Crippen LogP contribution >= 0.6 is 7.92 Å². The summed E-state index contributed by atoms with van der Waals surface area (Å²) in [7, 11) is -0.0507. The maximum Gasteiger partial charge on any atom is 0.0321 e. The van der Waals surface area contributed by atoms with E-state index in [0.717, 1.165) is 6.16 Å². The minimum absolute atomic E-state index is 0.0507. The molecule has 0 aliphatic carbocycles. The largest absolute Gasteiger partial charge is 0.120 e. The summed E-state index contributed by atoms with van der Waals surface area (Å²) in [4.78, 5) is 0. The second-order valence-corrected chi connectivity index (χ2v) is 3.50. The maximum atomic E-state index is 5.02. The molecule has 0 amide bonds. The molecule has 0 bridgehead atoms. The van der Waals surface area contributed by atoms with Crippen LogP contribution in [0.3, 0.4) is 0 Å². The number of rotatable bonds is 2. The van der Waals surface area contributed by atoms with Gasteiger partial charge in [0.05, 0.1) is 0 Å². The summed E-state index contributed by atoms with van der Waals surface area (Å²) in [6, 6.07) is 0. The van der Waals surface area contributed by atoms with Gasteiger partial charge in [-0.1, -0.05) is 20.3 Å². The lowest BCUT2D eigenvalue weighted by atomic mass is 10.8. The third kappa shape index (κ3) is 3.56. The summed E-state index contributed by atoms with van der Waals surface area (Å²) in [5, 5.41) is 0. The van der Waals surface area contributed by atoms with Gasteiger partial charge in [0.2, 0.25) is 0 Å².